The van der Waals surface area contributed by atoms with Gasteiger partial charge in [0.2, 0.25) is 0 Å². The lowest BCUT2D eigenvalue weighted by Crippen LogP contribution is -1.94. The van der Waals surface area contributed by atoms with Gasteiger partial charge in [0.1, 0.15) is 39.6 Å². The molecule has 7 aromatic heterocycles. The maximum atomic E-state index is 6.33. The van der Waals surface area contributed by atoms with E-state index in [2.05, 4.69) is 79.4 Å². The Morgan fingerprint density at radius 2 is 1.11 bits per heavy atom. The molecule has 10 rings (SSSR count). The third kappa shape index (κ3) is 5.61. The number of nitrogens with one attached hydrogen (secondary N) is 2. The molecular formula is C43H36ClN9O2. The van der Waals surface area contributed by atoms with Gasteiger partial charge in [0, 0.05) is 50.1 Å². The second kappa shape index (κ2) is 12.8. The van der Waals surface area contributed by atoms with Crippen LogP contribution < -0.4 is 0 Å². The number of hydrogen-bond acceptors (Lipinski definition) is 9. The number of para-hydroxylation sites is 1. The third-order valence-electron chi connectivity index (χ3n) is 10.3. The Balaban J connectivity index is 0.000000153. The van der Waals surface area contributed by atoms with Crippen LogP contribution in [0.25, 0.3) is 88.3 Å². The van der Waals surface area contributed by atoms with Crippen molar-refractivity contribution >= 4 is 66.4 Å². The largest absolute Gasteiger partial charge is 0.361 e. The molecule has 0 fully saturated rings. The third-order valence-corrected chi connectivity index (χ3v) is 10.6. The van der Waals surface area contributed by atoms with Gasteiger partial charge in [-0.05, 0) is 114 Å². The van der Waals surface area contributed by atoms with Gasteiger partial charge >= 0.3 is 0 Å². The van der Waals surface area contributed by atoms with Gasteiger partial charge in [-0.3, -0.25) is 4.98 Å². The average molecular weight is 746 g/mol. The number of pyridine rings is 1. The van der Waals surface area contributed by atoms with E-state index in [4.69, 9.17) is 30.6 Å². The van der Waals surface area contributed by atoms with Crippen LogP contribution in [0, 0.1) is 55.4 Å². The normalized spacial score (nSPS) is 11.7. The van der Waals surface area contributed by atoms with Gasteiger partial charge in [0.25, 0.3) is 0 Å². The predicted molar refractivity (Wildman–Crippen MR) is 217 cm³/mol. The number of hydrogen-bond donors (Lipinski definition) is 2. The molecule has 0 radical (unpaired) electrons. The summed E-state index contributed by atoms with van der Waals surface area (Å²) >= 11 is 6.33. The molecule has 0 unspecified atom stereocenters. The topological polar surface area (TPSA) is 148 Å². The first-order valence-electron chi connectivity index (χ1n) is 17.9. The van der Waals surface area contributed by atoms with E-state index in [-0.39, 0.29) is 0 Å². The first-order valence-corrected chi connectivity index (χ1v) is 18.3. The number of rotatable bonds is 3. The number of aryl methyl sites for hydroxylation is 8. The highest BCUT2D eigenvalue weighted by Crippen LogP contribution is 2.40. The molecule has 10 aromatic rings. The van der Waals surface area contributed by atoms with Crippen molar-refractivity contribution in [3.05, 3.63) is 112 Å². The van der Waals surface area contributed by atoms with Gasteiger partial charge in [-0.25, -0.2) is 19.9 Å². The Morgan fingerprint density at radius 1 is 0.564 bits per heavy atom. The van der Waals surface area contributed by atoms with E-state index in [0.717, 1.165) is 128 Å². The first-order chi connectivity index (χ1) is 26.5. The summed E-state index contributed by atoms with van der Waals surface area (Å²) in [4.78, 5) is 29.7. The van der Waals surface area contributed by atoms with Crippen molar-refractivity contribution < 1.29 is 9.05 Å². The van der Waals surface area contributed by atoms with E-state index in [1.165, 1.54) is 0 Å². The Morgan fingerprint density at radius 3 is 1.69 bits per heavy atom. The van der Waals surface area contributed by atoms with Crippen LogP contribution in [0.2, 0.25) is 5.15 Å². The molecule has 272 valence electrons. The molecule has 0 aliphatic heterocycles. The Hall–Kier alpha value is -6.46. The number of fused-ring (bicyclic) bond motifs is 7. The van der Waals surface area contributed by atoms with Crippen LogP contribution >= 0.6 is 11.6 Å². The van der Waals surface area contributed by atoms with Crippen molar-refractivity contribution in [2.75, 3.05) is 0 Å². The lowest BCUT2D eigenvalue weighted by molar-refractivity contribution is 0.393. The standard InChI is InChI=1S/C26H21N5O.C17H15ClN4O/c1-13-11-20-22(12-19(13)23-14(2)31-32-15(23)3)30-26-24(20)25(28-16(4)29-26)18-9-10-27-21-8-6-5-7-17(18)21;1-7-5-12-13(6-11(7)14-8(2)22-23-9(14)3)21-17-15(12)16(18)19-10(4)20-17/h5-12H,1-4H3,(H,28,29,30);5-6H,1-4H3,(H,19,20,21). The number of aromatic amines is 2. The quantitative estimate of drug-likeness (QED) is 0.169. The maximum absolute atomic E-state index is 6.33. The van der Waals surface area contributed by atoms with Gasteiger partial charge in [-0.15, -0.1) is 0 Å². The predicted octanol–water partition coefficient (Wildman–Crippen LogP) is 10.9. The summed E-state index contributed by atoms with van der Waals surface area (Å²) in [6, 6.07) is 18.8. The highest BCUT2D eigenvalue weighted by atomic mass is 35.5. The highest BCUT2D eigenvalue weighted by Gasteiger charge is 2.21. The van der Waals surface area contributed by atoms with Crippen molar-refractivity contribution in [3.8, 4) is 33.5 Å². The summed E-state index contributed by atoms with van der Waals surface area (Å²) in [6.07, 6.45) is 1.84. The summed E-state index contributed by atoms with van der Waals surface area (Å²) in [5, 5.41) is 13.8. The minimum Gasteiger partial charge on any atom is -0.361 e. The van der Waals surface area contributed by atoms with Crippen LogP contribution in [0.4, 0.5) is 0 Å². The molecule has 0 spiro atoms. The highest BCUT2D eigenvalue weighted by molar-refractivity contribution is 6.36. The van der Waals surface area contributed by atoms with Crippen LogP contribution in [0.5, 0.6) is 0 Å². The van der Waals surface area contributed by atoms with Crippen molar-refractivity contribution in [1.29, 1.82) is 0 Å². The molecule has 0 saturated carbocycles. The molecule has 3 aromatic carbocycles. The van der Waals surface area contributed by atoms with Crippen LogP contribution in [-0.4, -0.2) is 45.2 Å². The second-order valence-electron chi connectivity index (χ2n) is 14.1. The molecule has 0 atom stereocenters. The molecule has 0 bridgehead atoms. The van der Waals surface area contributed by atoms with Crippen molar-refractivity contribution in [2.24, 2.45) is 0 Å². The van der Waals surface area contributed by atoms with E-state index in [9.17, 15) is 0 Å². The average Bonchev–Trinajstić information content (AvgIpc) is 3.89. The monoisotopic (exact) mass is 745 g/mol. The molecule has 7 heterocycles. The Bertz CT molecular complexity index is 3120. The number of halogens is 1. The fourth-order valence-corrected chi connectivity index (χ4v) is 8.16. The van der Waals surface area contributed by atoms with E-state index in [1.807, 2.05) is 72.0 Å². The zero-order chi connectivity index (χ0) is 38.3. The molecule has 0 amide bonds. The van der Waals surface area contributed by atoms with E-state index < -0.39 is 0 Å². The van der Waals surface area contributed by atoms with Gasteiger partial charge in [0.05, 0.1) is 33.4 Å². The molecule has 0 saturated heterocycles. The van der Waals surface area contributed by atoms with E-state index in [1.54, 1.807) is 0 Å². The van der Waals surface area contributed by atoms with E-state index in [0.29, 0.717) is 11.0 Å². The maximum Gasteiger partial charge on any atom is 0.143 e. The summed E-state index contributed by atoms with van der Waals surface area (Å²) in [7, 11) is 0. The van der Waals surface area contributed by atoms with Crippen LogP contribution in [0.15, 0.2) is 69.8 Å². The van der Waals surface area contributed by atoms with Gasteiger partial charge < -0.3 is 19.0 Å². The molecule has 11 nitrogen and oxygen atoms in total. The van der Waals surface area contributed by atoms with Crippen LogP contribution in [-0.2, 0) is 0 Å². The summed E-state index contributed by atoms with van der Waals surface area (Å²) in [5.41, 5.74) is 14.9. The SMILES string of the molecule is Cc1nc(-c2ccnc3ccccc23)c2c(n1)[nH]c1cc(-c3c(C)noc3C)c(C)cc12.Cc1nc(Cl)c2c(n1)[nH]c1cc(-c3c(C)noc3C)c(C)cc12. The number of aromatic nitrogens is 9. The Labute approximate surface area is 320 Å². The number of benzene rings is 3. The zero-order valence-electron chi connectivity index (χ0n) is 31.6. The first kappa shape index (κ1) is 34.3. The lowest BCUT2D eigenvalue weighted by Gasteiger charge is -2.09. The summed E-state index contributed by atoms with van der Waals surface area (Å²) in [6.45, 7) is 15.8. The smallest absolute Gasteiger partial charge is 0.143 e. The minimum atomic E-state index is 0.475. The summed E-state index contributed by atoms with van der Waals surface area (Å²) < 4.78 is 10.7. The second-order valence-corrected chi connectivity index (χ2v) is 14.4. The summed E-state index contributed by atoms with van der Waals surface area (Å²) in [5.74, 6) is 3.01. The Kier molecular flexibility index (Phi) is 8.01. The van der Waals surface area contributed by atoms with Gasteiger partial charge in [-0.2, -0.15) is 0 Å². The van der Waals surface area contributed by atoms with Crippen molar-refractivity contribution in [2.45, 2.75) is 55.4 Å². The van der Waals surface area contributed by atoms with Crippen molar-refractivity contribution in [3.63, 3.8) is 0 Å². The molecular weight excluding hydrogens is 710 g/mol. The fourth-order valence-electron chi connectivity index (χ4n) is 7.85. The fraction of sp³-hybridized carbons (Fsp3) is 0.186. The van der Waals surface area contributed by atoms with Crippen LogP contribution in [0.3, 0.4) is 0 Å². The van der Waals surface area contributed by atoms with Gasteiger partial charge in [0.15, 0.2) is 0 Å². The van der Waals surface area contributed by atoms with E-state index >= 15 is 0 Å². The number of H-pyrrole nitrogens is 2. The number of nitrogens with zero attached hydrogens (tertiary/aromatic N) is 7. The van der Waals surface area contributed by atoms with Crippen LogP contribution in [0.1, 0.15) is 45.7 Å². The van der Waals surface area contributed by atoms with Gasteiger partial charge in [-0.1, -0.05) is 40.1 Å². The molecule has 0 aliphatic carbocycles. The molecule has 12 heteroatoms. The lowest BCUT2D eigenvalue weighted by atomic mass is 9.96. The zero-order valence-corrected chi connectivity index (χ0v) is 32.4. The van der Waals surface area contributed by atoms with Crippen molar-refractivity contribution in [1.82, 2.24) is 45.2 Å². The minimum absolute atomic E-state index is 0.475. The molecule has 2 N–H and O–H groups in total. The molecule has 55 heavy (non-hydrogen) atoms. The molecule has 0 aliphatic rings.